The summed E-state index contributed by atoms with van der Waals surface area (Å²) in [6.07, 6.45) is 11.0. The molecule has 0 rings (SSSR count). The lowest BCUT2D eigenvalue weighted by atomic mass is 10.0. The second-order valence-corrected chi connectivity index (χ2v) is 5.15. The maximum Gasteiger partial charge on any atom is 0.137 e. The third-order valence-electron chi connectivity index (χ3n) is 3.32. The number of unbranched alkanes of at least 4 members (excludes halogenated alkanes) is 2. The Kier molecular flexibility index (Phi) is 27.8. The zero-order valence-electron chi connectivity index (χ0n) is 17.2. The largest absolute Gasteiger partial charge is 0.285 e. The smallest absolute Gasteiger partial charge is 0.137 e. The van der Waals surface area contributed by atoms with Crippen LogP contribution in [0.1, 0.15) is 93.4 Å². The highest BCUT2D eigenvalue weighted by atomic mass is 19.1. The van der Waals surface area contributed by atoms with E-state index in [4.69, 9.17) is 0 Å². The number of nitrogens with zero attached hydrogens (tertiary/aromatic N) is 2. The maximum absolute atomic E-state index is 13.2. The van der Waals surface area contributed by atoms with Crippen LogP contribution >= 0.6 is 0 Å². The molecule has 0 aliphatic heterocycles. The summed E-state index contributed by atoms with van der Waals surface area (Å²) in [6.45, 7) is 15.0. The van der Waals surface area contributed by atoms with Gasteiger partial charge in [0.2, 0.25) is 0 Å². The molecule has 0 radical (unpaired) electrons. The topological polar surface area (TPSA) is 15.6 Å². The molecule has 0 amide bonds. The van der Waals surface area contributed by atoms with Crippen LogP contribution in [0, 0.1) is 0 Å². The van der Waals surface area contributed by atoms with Crippen LogP contribution in [0.25, 0.3) is 0 Å². The van der Waals surface area contributed by atoms with E-state index in [0.29, 0.717) is 19.1 Å². The molecule has 0 aromatic rings. The molecule has 0 N–H and O–H groups in total. The first-order chi connectivity index (χ1) is 11.2. The van der Waals surface area contributed by atoms with Crippen LogP contribution in [-0.4, -0.2) is 30.9 Å². The van der Waals surface area contributed by atoms with Crippen LogP contribution in [0.4, 0.5) is 4.39 Å². The maximum atomic E-state index is 13.2. The molecular formula is C20H43FN2. The van der Waals surface area contributed by atoms with Gasteiger partial charge in [-0.1, -0.05) is 74.1 Å². The molecule has 2 nitrogen and oxygen atoms in total. The Balaban J connectivity index is -0.000000919. The Bertz CT molecular complexity index is 254. The first kappa shape index (κ1) is 27.2. The van der Waals surface area contributed by atoms with E-state index in [1.165, 1.54) is 44.7 Å². The van der Waals surface area contributed by atoms with Crippen molar-refractivity contribution in [3.05, 3.63) is 11.9 Å². The molecule has 0 heterocycles. The van der Waals surface area contributed by atoms with E-state index >= 15 is 0 Å². The molecule has 0 spiro atoms. The van der Waals surface area contributed by atoms with Crippen molar-refractivity contribution in [2.75, 3.05) is 13.7 Å². The summed E-state index contributed by atoms with van der Waals surface area (Å²) in [5.74, 6) is -0.227. The molecule has 0 bridgehead atoms. The molecular weight excluding hydrogens is 287 g/mol. The molecule has 0 aromatic carbocycles. The van der Waals surface area contributed by atoms with Crippen LogP contribution in [0.2, 0.25) is 0 Å². The molecule has 0 aromatic heterocycles. The molecule has 0 unspecified atom stereocenters. The van der Waals surface area contributed by atoms with E-state index < -0.39 is 0 Å². The monoisotopic (exact) mass is 330 g/mol. The van der Waals surface area contributed by atoms with Crippen LogP contribution < -0.4 is 0 Å². The first-order valence-electron chi connectivity index (χ1n) is 9.71. The van der Waals surface area contributed by atoms with Gasteiger partial charge in [0.25, 0.3) is 0 Å². The number of rotatable bonds is 11. The molecule has 23 heavy (non-hydrogen) atoms. The van der Waals surface area contributed by atoms with E-state index in [0.717, 1.165) is 0 Å². The fraction of sp³-hybridized carbons (Fsp3) is 0.850. The molecule has 0 atom stereocenters. The van der Waals surface area contributed by atoms with Crippen LogP contribution in [0.5, 0.6) is 0 Å². The Morgan fingerprint density at radius 2 is 1.48 bits per heavy atom. The molecule has 0 saturated heterocycles. The van der Waals surface area contributed by atoms with Gasteiger partial charge in [0.15, 0.2) is 0 Å². The highest BCUT2D eigenvalue weighted by Crippen LogP contribution is 2.14. The predicted molar refractivity (Wildman–Crippen MR) is 106 cm³/mol. The SMILES string of the molecule is CC.CC.CC/C=C(F)/C=N\CN(C)C(CCCC)CCCC. The molecule has 0 saturated carbocycles. The van der Waals surface area contributed by atoms with Crippen molar-refractivity contribution in [1.29, 1.82) is 0 Å². The number of hydrogen-bond acceptors (Lipinski definition) is 2. The lowest BCUT2D eigenvalue weighted by molar-refractivity contribution is 0.218. The lowest BCUT2D eigenvalue weighted by Gasteiger charge is -2.26. The average molecular weight is 331 g/mol. The first-order valence-corrected chi connectivity index (χ1v) is 9.71. The van der Waals surface area contributed by atoms with E-state index in [1.54, 1.807) is 6.08 Å². The van der Waals surface area contributed by atoms with E-state index in [-0.39, 0.29) is 5.83 Å². The van der Waals surface area contributed by atoms with Gasteiger partial charge in [-0.05, 0) is 32.4 Å². The Morgan fingerprint density at radius 3 is 1.87 bits per heavy atom. The van der Waals surface area contributed by atoms with Crippen LogP contribution in [0.3, 0.4) is 0 Å². The van der Waals surface area contributed by atoms with Gasteiger partial charge in [0.1, 0.15) is 5.83 Å². The number of allylic oxidation sites excluding steroid dienone is 2. The van der Waals surface area contributed by atoms with Crippen molar-refractivity contribution in [1.82, 2.24) is 4.90 Å². The van der Waals surface area contributed by atoms with E-state index in [2.05, 4.69) is 30.8 Å². The summed E-state index contributed by atoms with van der Waals surface area (Å²) < 4.78 is 13.2. The third-order valence-corrected chi connectivity index (χ3v) is 3.32. The number of hydrogen-bond donors (Lipinski definition) is 0. The van der Waals surface area contributed by atoms with E-state index in [1.807, 2.05) is 34.6 Å². The summed E-state index contributed by atoms with van der Waals surface area (Å²) in [7, 11) is 2.09. The minimum atomic E-state index is -0.227. The molecule has 0 aliphatic rings. The van der Waals surface area contributed by atoms with Crippen LogP contribution in [-0.2, 0) is 0 Å². The highest BCUT2D eigenvalue weighted by Gasteiger charge is 2.12. The Morgan fingerprint density at radius 1 is 1.00 bits per heavy atom. The fourth-order valence-electron chi connectivity index (χ4n) is 2.08. The number of halogens is 1. The highest BCUT2D eigenvalue weighted by molar-refractivity contribution is 5.75. The standard InChI is InChI=1S/C16H31FN2.2C2H6/c1-5-8-11-16(12-9-6-2)19(4)14-18-13-15(17)10-7-3;2*1-2/h10,13,16H,5-9,11-12,14H2,1-4H3;2*1-2H3/b15-10-,18-13-;;. The summed E-state index contributed by atoms with van der Waals surface area (Å²) >= 11 is 0. The average Bonchev–Trinajstić information content (AvgIpc) is 2.58. The predicted octanol–water partition coefficient (Wildman–Crippen LogP) is 7.01. The van der Waals surface area contributed by atoms with Gasteiger partial charge < -0.3 is 0 Å². The molecule has 3 heteroatoms. The minimum Gasteiger partial charge on any atom is -0.285 e. The van der Waals surface area contributed by atoms with Crippen molar-refractivity contribution in [3.63, 3.8) is 0 Å². The molecule has 0 fully saturated rings. The van der Waals surface area contributed by atoms with Gasteiger partial charge in [0.05, 0.1) is 12.9 Å². The van der Waals surface area contributed by atoms with Crippen molar-refractivity contribution in [2.45, 2.75) is 99.5 Å². The van der Waals surface area contributed by atoms with Gasteiger partial charge in [-0.25, -0.2) is 4.39 Å². The van der Waals surface area contributed by atoms with Crippen molar-refractivity contribution < 1.29 is 4.39 Å². The van der Waals surface area contributed by atoms with Crippen molar-refractivity contribution >= 4 is 6.21 Å². The summed E-state index contributed by atoms with van der Waals surface area (Å²) in [6, 6.07) is 0.579. The van der Waals surface area contributed by atoms with Gasteiger partial charge in [0, 0.05) is 6.04 Å². The lowest BCUT2D eigenvalue weighted by Crippen LogP contribution is -2.32. The second kappa shape index (κ2) is 23.6. The van der Waals surface area contributed by atoms with Gasteiger partial charge in [-0.15, -0.1) is 0 Å². The fourth-order valence-corrected chi connectivity index (χ4v) is 2.08. The zero-order valence-corrected chi connectivity index (χ0v) is 17.2. The summed E-state index contributed by atoms with van der Waals surface area (Å²) in [4.78, 5) is 6.44. The molecule has 140 valence electrons. The van der Waals surface area contributed by atoms with Crippen molar-refractivity contribution in [3.8, 4) is 0 Å². The van der Waals surface area contributed by atoms with Gasteiger partial charge in [-0.2, -0.15) is 0 Å². The third kappa shape index (κ3) is 19.3. The quantitative estimate of drug-likeness (QED) is 0.372. The molecule has 0 aliphatic carbocycles. The van der Waals surface area contributed by atoms with E-state index in [9.17, 15) is 4.39 Å². The van der Waals surface area contributed by atoms with Crippen LogP contribution in [0.15, 0.2) is 16.9 Å². The van der Waals surface area contributed by atoms with Gasteiger partial charge in [-0.3, -0.25) is 9.89 Å². The summed E-state index contributed by atoms with van der Waals surface area (Å²) in [5.41, 5.74) is 0. The minimum absolute atomic E-state index is 0.227. The van der Waals surface area contributed by atoms with Crippen molar-refractivity contribution in [2.24, 2.45) is 4.99 Å². The number of aliphatic imine (C=N–C) groups is 1. The summed E-state index contributed by atoms with van der Waals surface area (Å²) in [5, 5.41) is 0. The normalized spacial score (nSPS) is 11.3. The zero-order chi connectivity index (χ0) is 18.5. The second-order valence-electron chi connectivity index (χ2n) is 5.15. The Labute approximate surface area is 146 Å². The Hall–Kier alpha value is -0.700. The van der Waals surface area contributed by atoms with Gasteiger partial charge >= 0.3 is 0 Å².